The van der Waals surface area contributed by atoms with Gasteiger partial charge in [0.25, 0.3) is 0 Å². The first-order valence-corrected chi connectivity index (χ1v) is 8.48. The Morgan fingerprint density at radius 3 is 3.08 bits per heavy atom. The van der Waals surface area contributed by atoms with Crippen LogP contribution < -0.4 is 4.74 Å². The molecule has 0 amide bonds. The second-order valence-electron chi connectivity index (χ2n) is 6.40. The SMILES string of the molecule is COc1nc2ccccc2cc1CN1CCC[C@@H](c2ncc[nH]2)C1. The molecule has 1 aliphatic rings. The van der Waals surface area contributed by atoms with Crippen LogP contribution in [-0.2, 0) is 6.54 Å². The molecule has 1 atom stereocenters. The van der Waals surface area contributed by atoms with Crippen molar-refractivity contribution in [2.24, 2.45) is 0 Å². The largest absolute Gasteiger partial charge is 0.481 e. The average Bonchev–Trinajstić information content (AvgIpc) is 3.16. The molecule has 0 spiro atoms. The van der Waals surface area contributed by atoms with Crippen molar-refractivity contribution in [3.8, 4) is 5.88 Å². The summed E-state index contributed by atoms with van der Waals surface area (Å²) >= 11 is 0. The molecule has 2 aromatic heterocycles. The number of nitrogens with one attached hydrogen (secondary N) is 1. The van der Waals surface area contributed by atoms with Crippen molar-refractivity contribution in [1.29, 1.82) is 0 Å². The van der Waals surface area contributed by atoms with Crippen molar-refractivity contribution < 1.29 is 4.74 Å². The van der Waals surface area contributed by atoms with Gasteiger partial charge in [0, 0.05) is 42.4 Å². The fraction of sp³-hybridized carbons (Fsp3) is 0.368. The summed E-state index contributed by atoms with van der Waals surface area (Å²) in [6.45, 7) is 2.98. The zero-order valence-electron chi connectivity index (χ0n) is 13.9. The number of aromatic nitrogens is 3. The molecule has 4 rings (SSSR count). The minimum Gasteiger partial charge on any atom is -0.481 e. The lowest BCUT2D eigenvalue weighted by atomic mass is 9.97. The second kappa shape index (κ2) is 6.61. The summed E-state index contributed by atoms with van der Waals surface area (Å²) in [5, 5.41) is 1.16. The van der Waals surface area contributed by atoms with Crippen LogP contribution in [0.25, 0.3) is 10.9 Å². The first-order chi connectivity index (χ1) is 11.8. The number of nitrogens with zero attached hydrogens (tertiary/aromatic N) is 3. The summed E-state index contributed by atoms with van der Waals surface area (Å²) in [5.41, 5.74) is 2.13. The molecule has 1 saturated heterocycles. The number of benzene rings is 1. The third kappa shape index (κ3) is 2.99. The van der Waals surface area contributed by atoms with E-state index in [1.807, 2.05) is 30.6 Å². The Morgan fingerprint density at radius 2 is 2.25 bits per heavy atom. The Hall–Kier alpha value is -2.40. The van der Waals surface area contributed by atoms with Crippen molar-refractivity contribution in [3.63, 3.8) is 0 Å². The molecule has 124 valence electrons. The van der Waals surface area contributed by atoms with Crippen LogP contribution in [0.5, 0.6) is 5.88 Å². The molecule has 5 heteroatoms. The molecule has 1 N–H and O–H groups in total. The summed E-state index contributed by atoms with van der Waals surface area (Å²) in [5.74, 6) is 2.31. The van der Waals surface area contributed by atoms with Gasteiger partial charge in [-0.1, -0.05) is 18.2 Å². The highest BCUT2D eigenvalue weighted by molar-refractivity contribution is 5.80. The number of hydrogen-bond acceptors (Lipinski definition) is 4. The quantitative estimate of drug-likeness (QED) is 0.800. The van der Waals surface area contributed by atoms with Gasteiger partial charge in [-0.25, -0.2) is 9.97 Å². The summed E-state index contributed by atoms with van der Waals surface area (Å²) in [6, 6.07) is 10.4. The number of likely N-dealkylation sites (tertiary alicyclic amines) is 1. The van der Waals surface area contributed by atoms with Crippen LogP contribution in [0.15, 0.2) is 42.7 Å². The lowest BCUT2D eigenvalue weighted by Gasteiger charge is -2.32. The maximum Gasteiger partial charge on any atom is 0.218 e. The Labute approximate surface area is 141 Å². The minimum absolute atomic E-state index is 0.480. The highest BCUT2D eigenvalue weighted by Crippen LogP contribution is 2.28. The van der Waals surface area contributed by atoms with Gasteiger partial charge in [-0.15, -0.1) is 0 Å². The third-order valence-electron chi connectivity index (χ3n) is 4.76. The van der Waals surface area contributed by atoms with E-state index in [-0.39, 0.29) is 0 Å². The van der Waals surface area contributed by atoms with E-state index in [1.54, 1.807) is 7.11 Å². The predicted molar refractivity (Wildman–Crippen MR) is 94.1 cm³/mol. The summed E-state index contributed by atoms with van der Waals surface area (Å²) < 4.78 is 5.54. The van der Waals surface area contributed by atoms with Crippen LogP contribution in [0.1, 0.15) is 30.1 Å². The molecule has 1 aliphatic heterocycles. The van der Waals surface area contributed by atoms with Gasteiger partial charge in [-0.2, -0.15) is 0 Å². The highest BCUT2D eigenvalue weighted by Gasteiger charge is 2.24. The molecule has 1 aromatic carbocycles. The normalized spacial score (nSPS) is 18.8. The fourth-order valence-electron chi connectivity index (χ4n) is 3.60. The van der Waals surface area contributed by atoms with Gasteiger partial charge < -0.3 is 9.72 Å². The molecule has 0 unspecified atom stereocenters. The minimum atomic E-state index is 0.480. The van der Waals surface area contributed by atoms with Crippen molar-refractivity contribution >= 4 is 10.9 Å². The zero-order valence-corrected chi connectivity index (χ0v) is 13.9. The molecule has 0 bridgehead atoms. The van der Waals surface area contributed by atoms with E-state index in [0.29, 0.717) is 5.92 Å². The third-order valence-corrected chi connectivity index (χ3v) is 4.76. The van der Waals surface area contributed by atoms with E-state index >= 15 is 0 Å². The van der Waals surface area contributed by atoms with Crippen LogP contribution in [0, 0.1) is 0 Å². The molecule has 1 fully saturated rings. The second-order valence-corrected chi connectivity index (χ2v) is 6.40. The first kappa shape index (κ1) is 15.1. The van der Waals surface area contributed by atoms with Gasteiger partial charge >= 0.3 is 0 Å². The lowest BCUT2D eigenvalue weighted by Crippen LogP contribution is -2.34. The van der Waals surface area contributed by atoms with Gasteiger partial charge in [0.1, 0.15) is 5.82 Å². The summed E-state index contributed by atoms with van der Waals surface area (Å²) in [7, 11) is 1.70. The van der Waals surface area contributed by atoms with Crippen molar-refractivity contribution in [2.45, 2.75) is 25.3 Å². The zero-order chi connectivity index (χ0) is 16.4. The standard InChI is InChI=1S/C19H22N4O/c1-24-19-16(11-14-5-2-3-7-17(14)22-19)13-23-10-4-6-15(12-23)18-20-8-9-21-18/h2-3,5,7-9,11,15H,4,6,10,12-13H2,1H3,(H,20,21)/t15-/m1/s1. The predicted octanol–water partition coefficient (Wildman–Crippen LogP) is 3.35. The monoisotopic (exact) mass is 322 g/mol. The Bertz CT molecular complexity index is 815. The summed E-state index contributed by atoms with van der Waals surface area (Å²) in [4.78, 5) is 14.8. The smallest absolute Gasteiger partial charge is 0.218 e. The Balaban J connectivity index is 1.57. The maximum absolute atomic E-state index is 5.54. The fourth-order valence-corrected chi connectivity index (χ4v) is 3.60. The molecule has 24 heavy (non-hydrogen) atoms. The summed E-state index contributed by atoms with van der Waals surface area (Å²) in [6.07, 6.45) is 6.13. The number of rotatable bonds is 4. The number of H-pyrrole nitrogens is 1. The van der Waals surface area contributed by atoms with Gasteiger partial charge in [-0.05, 0) is 31.5 Å². The highest BCUT2D eigenvalue weighted by atomic mass is 16.5. The van der Waals surface area contributed by atoms with Gasteiger partial charge in [-0.3, -0.25) is 4.90 Å². The number of pyridine rings is 1. The van der Waals surface area contributed by atoms with Crippen LogP contribution in [0.3, 0.4) is 0 Å². The van der Waals surface area contributed by atoms with Gasteiger partial charge in [0.05, 0.1) is 12.6 Å². The molecule has 3 aromatic rings. The van der Waals surface area contributed by atoms with Crippen LogP contribution in [0.4, 0.5) is 0 Å². The number of hydrogen-bond donors (Lipinski definition) is 1. The van der Waals surface area contributed by atoms with E-state index in [0.717, 1.165) is 47.8 Å². The Kier molecular flexibility index (Phi) is 4.17. The molecule has 0 radical (unpaired) electrons. The topological polar surface area (TPSA) is 54.0 Å². The van der Waals surface area contributed by atoms with E-state index in [4.69, 9.17) is 4.74 Å². The molecular weight excluding hydrogens is 300 g/mol. The van der Waals surface area contributed by atoms with Crippen molar-refractivity contribution in [1.82, 2.24) is 19.9 Å². The van der Waals surface area contributed by atoms with Crippen LogP contribution in [0.2, 0.25) is 0 Å². The average molecular weight is 322 g/mol. The number of imidazole rings is 1. The number of piperidine rings is 1. The van der Waals surface area contributed by atoms with E-state index < -0.39 is 0 Å². The molecule has 3 heterocycles. The van der Waals surface area contributed by atoms with Crippen molar-refractivity contribution in [3.05, 3.63) is 54.1 Å². The van der Waals surface area contributed by atoms with E-state index in [1.165, 1.54) is 12.8 Å². The lowest BCUT2D eigenvalue weighted by molar-refractivity contribution is 0.194. The van der Waals surface area contributed by atoms with Crippen LogP contribution >= 0.6 is 0 Å². The number of methoxy groups -OCH3 is 1. The number of ether oxygens (including phenoxy) is 1. The van der Waals surface area contributed by atoms with E-state index in [9.17, 15) is 0 Å². The molecule has 0 saturated carbocycles. The molecular formula is C19H22N4O. The van der Waals surface area contributed by atoms with Gasteiger partial charge in [0.2, 0.25) is 5.88 Å². The van der Waals surface area contributed by atoms with Crippen molar-refractivity contribution in [2.75, 3.05) is 20.2 Å². The number of aromatic amines is 1. The molecule has 5 nitrogen and oxygen atoms in total. The molecule has 0 aliphatic carbocycles. The maximum atomic E-state index is 5.54. The Morgan fingerprint density at radius 1 is 1.33 bits per heavy atom. The number of fused-ring (bicyclic) bond motifs is 1. The van der Waals surface area contributed by atoms with Crippen LogP contribution in [-0.4, -0.2) is 40.1 Å². The first-order valence-electron chi connectivity index (χ1n) is 8.48. The number of para-hydroxylation sites is 1. The van der Waals surface area contributed by atoms with E-state index in [2.05, 4.69) is 32.0 Å². The van der Waals surface area contributed by atoms with Gasteiger partial charge in [0.15, 0.2) is 0 Å².